The quantitative estimate of drug-likeness (QED) is 0.0332. The first-order valence-corrected chi connectivity index (χ1v) is 22.2. The van der Waals surface area contributed by atoms with Gasteiger partial charge in [-0.05, 0) is 44.9 Å². The summed E-state index contributed by atoms with van der Waals surface area (Å²) in [4.78, 5) is 25.9. The molecule has 3 atom stereocenters. The molecule has 3 N–H and O–H groups in total. The van der Waals surface area contributed by atoms with Crippen LogP contribution in [0.4, 0.5) is 0 Å². The zero-order valence-corrected chi connectivity index (χ0v) is 34.4. The van der Waals surface area contributed by atoms with Crippen molar-refractivity contribution in [2.45, 2.75) is 238 Å². The van der Waals surface area contributed by atoms with Crippen LogP contribution in [0.25, 0.3) is 0 Å². The summed E-state index contributed by atoms with van der Waals surface area (Å²) in [6, 6.07) is -0.699. The molecular formula is C46H85NO5. The Morgan fingerprint density at radius 1 is 0.577 bits per heavy atom. The fraction of sp³-hybridized carbons (Fsp3) is 0.826. The van der Waals surface area contributed by atoms with Crippen LogP contribution >= 0.6 is 0 Å². The minimum Gasteiger partial charge on any atom is -0.462 e. The Morgan fingerprint density at radius 2 is 1.04 bits per heavy atom. The van der Waals surface area contributed by atoms with Gasteiger partial charge in [0, 0.05) is 6.42 Å². The molecule has 6 heteroatoms. The number of nitrogens with one attached hydrogen (secondary N) is 1. The van der Waals surface area contributed by atoms with E-state index < -0.39 is 18.2 Å². The van der Waals surface area contributed by atoms with Crippen LogP contribution in [0.15, 0.2) is 36.5 Å². The normalized spacial score (nSPS) is 13.7. The molecule has 0 bridgehead atoms. The maximum absolute atomic E-state index is 13.1. The van der Waals surface area contributed by atoms with Crippen LogP contribution in [0, 0.1) is 0 Å². The highest BCUT2D eigenvalue weighted by molar-refractivity contribution is 5.77. The summed E-state index contributed by atoms with van der Waals surface area (Å²) in [5.74, 6) is -0.496. The molecule has 0 aromatic carbocycles. The van der Waals surface area contributed by atoms with E-state index in [4.69, 9.17) is 4.74 Å². The second-order valence-corrected chi connectivity index (χ2v) is 15.1. The third kappa shape index (κ3) is 35.1. The van der Waals surface area contributed by atoms with Crippen LogP contribution in [-0.4, -0.2) is 46.9 Å². The topological polar surface area (TPSA) is 95.9 Å². The number of aliphatic hydroxyl groups excluding tert-OH is 2. The SMILES string of the molecule is CC/C=C/C=C/C=C\CCCCCCCC(=O)OC(CCCCCCCCCCCC)CC(=O)NC(CO)C(O)CCCCCCCCCCCC. The van der Waals surface area contributed by atoms with Crippen molar-refractivity contribution in [3.05, 3.63) is 36.5 Å². The van der Waals surface area contributed by atoms with Crippen molar-refractivity contribution in [1.82, 2.24) is 5.32 Å². The van der Waals surface area contributed by atoms with Gasteiger partial charge in [-0.15, -0.1) is 0 Å². The lowest BCUT2D eigenvalue weighted by Crippen LogP contribution is -2.46. The molecule has 0 heterocycles. The van der Waals surface area contributed by atoms with Gasteiger partial charge in [0.05, 0.1) is 25.2 Å². The van der Waals surface area contributed by atoms with Crippen molar-refractivity contribution in [2.75, 3.05) is 6.61 Å². The van der Waals surface area contributed by atoms with E-state index in [0.29, 0.717) is 19.3 Å². The van der Waals surface area contributed by atoms with Gasteiger partial charge in [0.25, 0.3) is 0 Å². The molecule has 0 radical (unpaired) electrons. The predicted molar refractivity (Wildman–Crippen MR) is 222 cm³/mol. The van der Waals surface area contributed by atoms with Gasteiger partial charge < -0.3 is 20.3 Å². The summed E-state index contributed by atoms with van der Waals surface area (Å²) in [6.07, 6.45) is 44.9. The van der Waals surface area contributed by atoms with E-state index in [9.17, 15) is 19.8 Å². The van der Waals surface area contributed by atoms with E-state index >= 15 is 0 Å². The Hall–Kier alpha value is -1.92. The molecule has 0 fully saturated rings. The highest BCUT2D eigenvalue weighted by atomic mass is 16.5. The molecule has 304 valence electrons. The lowest BCUT2D eigenvalue weighted by molar-refractivity contribution is -0.151. The average molecular weight is 732 g/mol. The van der Waals surface area contributed by atoms with Crippen LogP contribution in [0.1, 0.15) is 220 Å². The molecule has 0 aliphatic carbocycles. The Bertz CT molecular complexity index is 869. The molecule has 0 rings (SSSR count). The summed E-state index contributed by atoms with van der Waals surface area (Å²) in [5.41, 5.74) is 0. The van der Waals surface area contributed by atoms with E-state index in [1.165, 1.54) is 96.3 Å². The molecular weight excluding hydrogens is 647 g/mol. The predicted octanol–water partition coefficient (Wildman–Crippen LogP) is 12.6. The van der Waals surface area contributed by atoms with E-state index in [1.54, 1.807) is 0 Å². The van der Waals surface area contributed by atoms with Crippen molar-refractivity contribution >= 4 is 11.9 Å². The monoisotopic (exact) mass is 732 g/mol. The second-order valence-electron chi connectivity index (χ2n) is 15.1. The van der Waals surface area contributed by atoms with Gasteiger partial charge in [0.15, 0.2) is 0 Å². The number of rotatable bonds is 39. The first kappa shape index (κ1) is 50.1. The summed E-state index contributed by atoms with van der Waals surface area (Å²) in [7, 11) is 0. The van der Waals surface area contributed by atoms with E-state index in [2.05, 4.69) is 62.5 Å². The van der Waals surface area contributed by atoms with Gasteiger partial charge >= 0.3 is 5.97 Å². The number of amides is 1. The van der Waals surface area contributed by atoms with E-state index in [-0.39, 0.29) is 24.9 Å². The third-order valence-corrected chi connectivity index (χ3v) is 10.0. The summed E-state index contributed by atoms with van der Waals surface area (Å²) >= 11 is 0. The standard InChI is InChI=1S/C46H85NO5/c1-4-7-10-13-16-19-22-23-24-27-30-33-36-39-46(51)52-42(37-34-31-28-25-20-17-14-11-8-5-2)40-45(50)47-43(41-48)44(49)38-35-32-29-26-21-18-15-12-9-6-3/h7,10,13,16,19,22,42-44,48-49H,4-6,8-9,11-12,14-15,17-18,20-21,23-41H2,1-3H3,(H,47,50)/b10-7+,16-13+,22-19-. The van der Waals surface area contributed by atoms with Gasteiger partial charge in [0.2, 0.25) is 5.91 Å². The van der Waals surface area contributed by atoms with E-state index in [1.807, 2.05) is 0 Å². The summed E-state index contributed by atoms with van der Waals surface area (Å²) < 4.78 is 5.88. The number of hydrogen-bond donors (Lipinski definition) is 3. The number of hydrogen-bond acceptors (Lipinski definition) is 5. The van der Waals surface area contributed by atoms with Crippen molar-refractivity contribution in [3.63, 3.8) is 0 Å². The molecule has 6 nitrogen and oxygen atoms in total. The molecule has 0 aliphatic heterocycles. The molecule has 0 saturated carbocycles. The van der Waals surface area contributed by atoms with E-state index in [0.717, 1.165) is 77.0 Å². The first-order chi connectivity index (χ1) is 25.5. The molecule has 0 aromatic heterocycles. The van der Waals surface area contributed by atoms with Crippen molar-refractivity contribution in [3.8, 4) is 0 Å². The van der Waals surface area contributed by atoms with Crippen LogP contribution < -0.4 is 5.32 Å². The number of unbranched alkanes of at least 4 members (excludes halogenated alkanes) is 23. The lowest BCUT2D eigenvalue weighted by Gasteiger charge is -2.24. The van der Waals surface area contributed by atoms with Gasteiger partial charge in [-0.1, -0.05) is 198 Å². The lowest BCUT2D eigenvalue weighted by atomic mass is 10.0. The minimum atomic E-state index is -0.785. The van der Waals surface area contributed by atoms with Crippen molar-refractivity contribution < 1.29 is 24.5 Å². The number of carbonyl (C=O) groups is 2. The van der Waals surface area contributed by atoms with Crippen LogP contribution in [0.3, 0.4) is 0 Å². The summed E-state index contributed by atoms with van der Waals surface area (Å²) in [5, 5.41) is 23.6. The number of ether oxygens (including phenoxy) is 1. The molecule has 3 unspecified atom stereocenters. The zero-order valence-electron chi connectivity index (χ0n) is 34.4. The Kier molecular flexibility index (Phi) is 38.8. The smallest absolute Gasteiger partial charge is 0.306 e. The number of carbonyl (C=O) groups excluding carboxylic acids is 2. The highest BCUT2D eigenvalue weighted by Gasteiger charge is 2.24. The number of aliphatic hydroxyl groups is 2. The minimum absolute atomic E-state index is 0.0717. The highest BCUT2D eigenvalue weighted by Crippen LogP contribution is 2.17. The Labute approximate surface area is 322 Å². The average Bonchev–Trinajstić information content (AvgIpc) is 3.13. The van der Waals surface area contributed by atoms with Crippen molar-refractivity contribution in [1.29, 1.82) is 0 Å². The van der Waals surface area contributed by atoms with Crippen LogP contribution in [0.5, 0.6) is 0 Å². The zero-order chi connectivity index (χ0) is 38.2. The molecule has 0 aliphatic rings. The summed E-state index contributed by atoms with van der Waals surface area (Å²) in [6.45, 7) is 6.31. The van der Waals surface area contributed by atoms with Crippen LogP contribution in [-0.2, 0) is 14.3 Å². The number of esters is 1. The second kappa shape index (κ2) is 40.3. The largest absolute Gasteiger partial charge is 0.462 e. The maximum Gasteiger partial charge on any atom is 0.306 e. The Morgan fingerprint density at radius 3 is 1.56 bits per heavy atom. The number of allylic oxidation sites excluding steroid dienone is 6. The Balaban J connectivity index is 4.59. The van der Waals surface area contributed by atoms with Gasteiger partial charge in [0.1, 0.15) is 6.10 Å². The first-order valence-electron chi connectivity index (χ1n) is 22.2. The fourth-order valence-corrected chi connectivity index (χ4v) is 6.66. The van der Waals surface area contributed by atoms with Gasteiger partial charge in [-0.3, -0.25) is 9.59 Å². The molecule has 52 heavy (non-hydrogen) atoms. The molecule has 0 aromatic rings. The molecule has 0 spiro atoms. The fourth-order valence-electron chi connectivity index (χ4n) is 6.66. The van der Waals surface area contributed by atoms with Crippen molar-refractivity contribution in [2.24, 2.45) is 0 Å². The van der Waals surface area contributed by atoms with Gasteiger partial charge in [-0.2, -0.15) is 0 Å². The molecule has 0 saturated heterocycles. The molecule has 1 amide bonds. The third-order valence-electron chi connectivity index (χ3n) is 10.0. The van der Waals surface area contributed by atoms with Gasteiger partial charge in [-0.25, -0.2) is 0 Å². The maximum atomic E-state index is 13.1. The van der Waals surface area contributed by atoms with Crippen LogP contribution in [0.2, 0.25) is 0 Å².